The van der Waals surface area contributed by atoms with Crippen LogP contribution in [-0.2, 0) is 40.1 Å². The molecule has 0 spiro atoms. The Morgan fingerprint density at radius 2 is 1.39 bits per heavy atom. The Morgan fingerprint density at radius 3 is 2.10 bits per heavy atom. The van der Waals surface area contributed by atoms with E-state index in [9.17, 15) is 9.59 Å². The van der Waals surface area contributed by atoms with Crippen LogP contribution in [-0.4, -0.2) is 29.6 Å². The summed E-state index contributed by atoms with van der Waals surface area (Å²) in [7, 11) is 1.41. The van der Waals surface area contributed by atoms with E-state index >= 15 is 0 Å². The van der Waals surface area contributed by atoms with Gasteiger partial charge in [0.2, 0.25) is 5.91 Å². The van der Waals surface area contributed by atoms with Crippen LogP contribution in [0.4, 0.5) is 0 Å². The summed E-state index contributed by atoms with van der Waals surface area (Å²) >= 11 is 0. The van der Waals surface area contributed by atoms with Crippen LogP contribution < -0.4 is 5.32 Å². The van der Waals surface area contributed by atoms with Gasteiger partial charge in [-0.2, -0.15) is 0 Å². The Balaban J connectivity index is 1.32. The maximum absolute atomic E-state index is 12.9. The monoisotopic (exact) mass is 552 g/mol. The van der Waals surface area contributed by atoms with Crippen molar-refractivity contribution in [2.45, 2.75) is 83.2 Å². The van der Waals surface area contributed by atoms with E-state index in [0.29, 0.717) is 19.3 Å². The fourth-order valence-corrected chi connectivity index (χ4v) is 5.57. The molecule has 3 aromatic carbocycles. The highest BCUT2D eigenvalue weighted by molar-refractivity contribution is 5.84. The number of unbranched alkanes of at least 4 members (excludes halogenated alkanes) is 3. The second-order valence-electron chi connectivity index (χ2n) is 10.9. The molecule has 5 heteroatoms. The van der Waals surface area contributed by atoms with Gasteiger partial charge in [-0.05, 0) is 67.7 Å². The van der Waals surface area contributed by atoms with Crippen molar-refractivity contribution in [1.29, 1.82) is 0 Å². The first-order valence-corrected chi connectivity index (χ1v) is 15.1. The number of carbonyl (C=O) groups excluding carboxylic acids is 2. The molecule has 41 heavy (non-hydrogen) atoms. The van der Waals surface area contributed by atoms with Crippen LogP contribution in [0, 0.1) is 0 Å². The summed E-state index contributed by atoms with van der Waals surface area (Å²) in [6, 6.07) is 29.5. The van der Waals surface area contributed by atoms with Crippen molar-refractivity contribution in [1.82, 2.24) is 9.88 Å². The molecule has 1 amide bonds. The lowest BCUT2D eigenvalue weighted by Crippen LogP contribution is -2.36. The highest BCUT2D eigenvalue weighted by Gasteiger charge is 2.18. The van der Waals surface area contributed by atoms with E-state index in [4.69, 9.17) is 4.74 Å². The Kier molecular flexibility index (Phi) is 12.1. The summed E-state index contributed by atoms with van der Waals surface area (Å²) in [5, 5.41) is 4.46. The van der Waals surface area contributed by atoms with Crippen molar-refractivity contribution >= 4 is 22.8 Å². The van der Waals surface area contributed by atoms with Crippen molar-refractivity contribution in [3.05, 3.63) is 108 Å². The highest BCUT2D eigenvalue weighted by Crippen LogP contribution is 2.24. The lowest BCUT2D eigenvalue weighted by Gasteiger charge is -2.18. The number of methoxy groups -OCH3 is 1. The topological polar surface area (TPSA) is 60.3 Å². The number of ether oxygens (including phenoxy) is 1. The maximum Gasteiger partial charge on any atom is 0.305 e. The number of esters is 1. The lowest BCUT2D eigenvalue weighted by molar-refractivity contribution is -0.141. The number of rotatable bonds is 17. The van der Waals surface area contributed by atoms with Crippen molar-refractivity contribution < 1.29 is 14.3 Å². The SMILES string of the molecule is COC(=O)CCC(Cc1cn(CCCc2ccccc2)c2ccccc12)NC(=O)CCCCCCc1ccccc1. The minimum Gasteiger partial charge on any atom is -0.469 e. The van der Waals surface area contributed by atoms with Crippen LogP contribution in [0.25, 0.3) is 10.9 Å². The minimum atomic E-state index is -0.244. The summed E-state index contributed by atoms with van der Waals surface area (Å²) in [4.78, 5) is 24.9. The number of nitrogens with zero attached hydrogens (tertiary/aromatic N) is 1. The molecule has 1 atom stereocenters. The van der Waals surface area contributed by atoms with Gasteiger partial charge in [0.15, 0.2) is 0 Å². The lowest BCUT2D eigenvalue weighted by atomic mass is 10.0. The number of hydrogen-bond donors (Lipinski definition) is 1. The number of aryl methyl sites for hydroxylation is 3. The van der Waals surface area contributed by atoms with E-state index in [2.05, 4.69) is 94.9 Å². The first kappa shape index (κ1) is 30.1. The molecule has 0 aliphatic rings. The zero-order valence-electron chi connectivity index (χ0n) is 24.4. The molecule has 0 aliphatic carbocycles. The predicted octanol–water partition coefficient (Wildman–Crippen LogP) is 7.45. The van der Waals surface area contributed by atoms with Gasteiger partial charge in [-0.1, -0.05) is 91.7 Å². The molecule has 4 rings (SSSR count). The largest absolute Gasteiger partial charge is 0.469 e. The maximum atomic E-state index is 12.9. The van der Waals surface area contributed by atoms with Gasteiger partial charge < -0.3 is 14.6 Å². The molecule has 1 unspecified atom stereocenters. The van der Waals surface area contributed by atoms with E-state index in [1.54, 1.807) is 0 Å². The predicted molar refractivity (Wildman–Crippen MR) is 167 cm³/mol. The van der Waals surface area contributed by atoms with Gasteiger partial charge >= 0.3 is 5.97 Å². The zero-order valence-corrected chi connectivity index (χ0v) is 24.4. The normalized spacial score (nSPS) is 11.8. The van der Waals surface area contributed by atoms with E-state index in [1.165, 1.54) is 34.7 Å². The molecule has 0 fully saturated rings. The van der Waals surface area contributed by atoms with E-state index < -0.39 is 0 Å². The second kappa shape index (κ2) is 16.4. The third kappa shape index (κ3) is 9.93. The molecule has 0 bridgehead atoms. The van der Waals surface area contributed by atoms with Gasteiger partial charge in [0.25, 0.3) is 0 Å². The summed E-state index contributed by atoms with van der Waals surface area (Å²) in [6.45, 7) is 0.929. The number of aromatic nitrogens is 1. The van der Waals surface area contributed by atoms with Crippen molar-refractivity contribution in [2.75, 3.05) is 7.11 Å². The van der Waals surface area contributed by atoms with Gasteiger partial charge in [0.05, 0.1) is 7.11 Å². The molecule has 5 nitrogen and oxygen atoms in total. The zero-order chi connectivity index (χ0) is 28.7. The van der Waals surface area contributed by atoms with E-state index in [-0.39, 0.29) is 24.3 Å². The Hall–Kier alpha value is -3.86. The molecule has 0 saturated heterocycles. The van der Waals surface area contributed by atoms with Crippen molar-refractivity contribution in [2.24, 2.45) is 0 Å². The molecule has 1 aromatic heterocycles. The van der Waals surface area contributed by atoms with Gasteiger partial charge in [-0.25, -0.2) is 0 Å². The fraction of sp³-hybridized carbons (Fsp3) is 0.389. The number of benzene rings is 3. The third-order valence-electron chi connectivity index (χ3n) is 7.80. The number of nitrogens with one attached hydrogen (secondary N) is 1. The Bertz CT molecular complexity index is 1350. The van der Waals surface area contributed by atoms with Gasteiger partial charge in [-0.15, -0.1) is 0 Å². The number of amides is 1. The van der Waals surface area contributed by atoms with Crippen LogP contribution in [0.2, 0.25) is 0 Å². The van der Waals surface area contributed by atoms with Gasteiger partial charge in [-0.3, -0.25) is 9.59 Å². The quantitative estimate of drug-likeness (QED) is 0.109. The smallest absolute Gasteiger partial charge is 0.305 e. The summed E-state index contributed by atoms with van der Waals surface area (Å²) < 4.78 is 7.23. The molecule has 216 valence electrons. The van der Waals surface area contributed by atoms with Crippen LogP contribution in [0.3, 0.4) is 0 Å². The van der Waals surface area contributed by atoms with Gasteiger partial charge in [0.1, 0.15) is 0 Å². The van der Waals surface area contributed by atoms with Crippen LogP contribution in [0.1, 0.15) is 68.1 Å². The Morgan fingerprint density at radius 1 is 0.756 bits per heavy atom. The van der Waals surface area contributed by atoms with E-state index in [0.717, 1.165) is 51.5 Å². The molecule has 0 aliphatic heterocycles. The summed E-state index contributed by atoms with van der Waals surface area (Å²) in [5.41, 5.74) is 5.14. The average molecular weight is 553 g/mol. The molecular weight excluding hydrogens is 508 g/mol. The molecule has 1 N–H and O–H groups in total. The number of hydrogen-bond acceptors (Lipinski definition) is 3. The second-order valence-corrected chi connectivity index (χ2v) is 10.9. The fourth-order valence-electron chi connectivity index (χ4n) is 5.57. The molecular formula is C36H44N2O3. The molecule has 4 aromatic rings. The molecule has 1 heterocycles. The minimum absolute atomic E-state index is 0.0644. The third-order valence-corrected chi connectivity index (χ3v) is 7.80. The molecule has 0 radical (unpaired) electrons. The van der Waals surface area contributed by atoms with Gasteiger partial charge in [0, 0.05) is 42.5 Å². The van der Waals surface area contributed by atoms with Crippen LogP contribution in [0.5, 0.6) is 0 Å². The van der Waals surface area contributed by atoms with Crippen molar-refractivity contribution in [3.8, 4) is 0 Å². The summed E-state index contributed by atoms with van der Waals surface area (Å²) in [6.07, 6.45) is 11.6. The standard InChI is InChI=1S/C36H44N2O3/c1-41-36(40)25-24-32(37-35(39)23-11-3-2-6-15-29-16-7-4-8-17-29)27-31-28-38(34-22-13-12-21-33(31)34)26-14-20-30-18-9-5-10-19-30/h4-5,7-10,12-13,16-19,21-22,28,32H,2-3,6,11,14-15,20,23-27H2,1H3,(H,37,39). The summed E-state index contributed by atoms with van der Waals surface area (Å²) in [5.74, 6) is -0.180. The first-order valence-electron chi connectivity index (χ1n) is 15.1. The van der Waals surface area contributed by atoms with Crippen LogP contribution in [0.15, 0.2) is 91.1 Å². The Labute approximate surface area is 244 Å². The number of para-hydroxylation sites is 1. The average Bonchev–Trinajstić information content (AvgIpc) is 3.35. The number of carbonyl (C=O) groups is 2. The molecule has 0 saturated carbocycles. The number of fused-ring (bicyclic) bond motifs is 1. The van der Waals surface area contributed by atoms with E-state index in [1.807, 2.05) is 6.07 Å². The first-order chi connectivity index (χ1) is 20.1. The van der Waals surface area contributed by atoms with Crippen molar-refractivity contribution in [3.63, 3.8) is 0 Å². The highest BCUT2D eigenvalue weighted by atomic mass is 16.5. The van der Waals surface area contributed by atoms with Crippen LogP contribution >= 0.6 is 0 Å².